The van der Waals surface area contributed by atoms with Crippen LogP contribution in [-0.4, -0.2) is 47.2 Å². The van der Waals surface area contributed by atoms with Crippen molar-refractivity contribution in [3.05, 3.63) is 62.5 Å². The van der Waals surface area contributed by atoms with Gasteiger partial charge in [-0.25, -0.2) is 4.79 Å². The molecule has 0 spiro atoms. The normalized spacial score (nSPS) is 14.6. The highest BCUT2D eigenvalue weighted by molar-refractivity contribution is 8.18. The highest BCUT2D eigenvalue weighted by Gasteiger charge is 2.37. The molecule has 1 saturated heterocycles. The molecule has 184 valence electrons. The Hall–Kier alpha value is -3.01. The predicted molar refractivity (Wildman–Crippen MR) is 133 cm³/mol. The van der Waals surface area contributed by atoms with E-state index in [4.69, 9.17) is 37.4 Å². The summed E-state index contributed by atoms with van der Waals surface area (Å²) < 4.78 is 16.1. The fourth-order valence-electron chi connectivity index (χ4n) is 3.02. The number of hydrogen-bond acceptors (Lipinski definition) is 8. The summed E-state index contributed by atoms with van der Waals surface area (Å²) in [5, 5.41) is -0.167. The van der Waals surface area contributed by atoms with Crippen LogP contribution in [-0.2, 0) is 14.3 Å². The van der Waals surface area contributed by atoms with E-state index in [0.717, 1.165) is 4.90 Å². The third-order valence-corrected chi connectivity index (χ3v) is 5.84. The molecule has 1 aliphatic heterocycles. The number of imide groups is 1. The third kappa shape index (κ3) is 6.78. The Balaban J connectivity index is 1.85. The maximum absolute atomic E-state index is 12.7. The van der Waals surface area contributed by atoms with Crippen molar-refractivity contribution in [1.29, 1.82) is 0 Å². The number of amides is 2. The number of carbonyl (C=O) groups is 4. The fraction of sp³-hybridized carbons (Fsp3) is 0.250. The highest BCUT2D eigenvalue weighted by Crippen LogP contribution is 2.39. The van der Waals surface area contributed by atoms with Crippen LogP contribution in [0.25, 0.3) is 6.08 Å². The summed E-state index contributed by atoms with van der Waals surface area (Å²) in [6.45, 7) is 4.84. The topological polar surface area (TPSA) is 99.2 Å². The van der Waals surface area contributed by atoms with Crippen LogP contribution in [0.4, 0.5) is 4.79 Å². The molecule has 0 unspecified atom stereocenters. The zero-order valence-electron chi connectivity index (χ0n) is 19.0. The van der Waals surface area contributed by atoms with Gasteiger partial charge in [-0.2, -0.15) is 0 Å². The van der Waals surface area contributed by atoms with Gasteiger partial charge in [0.2, 0.25) is 0 Å². The van der Waals surface area contributed by atoms with E-state index in [2.05, 4.69) is 0 Å². The smallest absolute Gasteiger partial charge is 0.343 e. The molecule has 0 aromatic heterocycles. The average Bonchev–Trinajstić information content (AvgIpc) is 3.03. The van der Waals surface area contributed by atoms with Crippen LogP contribution in [0.2, 0.25) is 10.0 Å². The molecule has 8 nitrogen and oxygen atoms in total. The molecule has 0 bridgehead atoms. The lowest BCUT2D eigenvalue weighted by atomic mass is 10.1. The summed E-state index contributed by atoms with van der Waals surface area (Å²) in [7, 11) is 0. The Morgan fingerprint density at radius 1 is 1.14 bits per heavy atom. The molecule has 2 aromatic carbocycles. The monoisotopic (exact) mass is 537 g/mol. The molecule has 1 aliphatic rings. The molecule has 0 atom stereocenters. The number of ether oxygens (including phenoxy) is 3. The lowest BCUT2D eigenvalue weighted by Crippen LogP contribution is -2.35. The van der Waals surface area contributed by atoms with E-state index < -0.39 is 29.6 Å². The minimum atomic E-state index is -0.684. The summed E-state index contributed by atoms with van der Waals surface area (Å²) in [4.78, 5) is 50.3. The largest absolute Gasteiger partial charge is 0.490 e. The van der Waals surface area contributed by atoms with Crippen molar-refractivity contribution in [2.45, 2.75) is 26.9 Å². The molecule has 2 aromatic rings. The molecule has 3 rings (SSSR count). The van der Waals surface area contributed by atoms with E-state index in [-0.39, 0.29) is 39.7 Å². The van der Waals surface area contributed by atoms with Crippen molar-refractivity contribution in [3.8, 4) is 11.5 Å². The van der Waals surface area contributed by atoms with Gasteiger partial charge in [0, 0.05) is 5.02 Å². The lowest BCUT2D eigenvalue weighted by molar-refractivity contribution is -0.149. The Kier molecular flexibility index (Phi) is 8.82. The van der Waals surface area contributed by atoms with Gasteiger partial charge in [-0.1, -0.05) is 29.3 Å². The van der Waals surface area contributed by atoms with Gasteiger partial charge in [-0.15, -0.1) is 0 Å². The lowest BCUT2D eigenvalue weighted by Gasteiger charge is -2.14. The van der Waals surface area contributed by atoms with Crippen molar-refractivity contribution in [2.75, 3.05) is 13.2 Å². The van der Waals surface area contributed by atoms with Crippen molar-refractivity contribution < 1.29 is 33.4 Å². The molecule has 2 amide bonds. The second-order valence-electron chi connectivity index (χ2n) is 7.47. The van der Waals surface area contributed by atoms with Gasteiger partial charge in [0.25, 0.3) is 11.1 Å². The summed E-state index contributed by atoms with van der Waals surface area (Å²) in [5.74, 6) is -1.83. The zero-order valence-corrected chi connectivity index (χ0v) is 21.3. The fourth-order valence-corrected chi connectivity index (χ4v) is 4.30. The highest BCUT2D eigenvalue weighted by atomic mass is 35.5. The number of rotatable bonds is 8. The number of halogens is 2. The number of esters is 2. The second-order valence-corrected chi connectivity index (χ2v) is 9.31. The Labute approximate surface area is 216 Å². The van der Waals surface area contributed by atoms with Crippen molar-refractivity contribution >= 4 is 64.1 Å². The quantitative estimate of drug-likeness (QED) is 0.243. The van der Waals surface area contributed by atoms with Gasteiger partial charge in [0.1, 0.15) is 6.54 Å². The standard InChI is InChI=1S/C24H21Cl2NO7S/c1-4-32-18-9-14(8-17(26)21(18)34-23(30)15-6-5-7-16(25)11-15)10-19-22(29)27(24(31)35-19)12-20(28)33-13(2)3/h5-11,13H,4,12H2,1-3H3/b19-10-. The molecule has 0 radical (unpaired) electrons. The van der Waals surface area contributed by atoms with Gasteiger partial charge >= 0.3 is 11.9 Å². The maximum Gasteiger partial charge on any atom is 0.343 e. The summed E-state index contributed by atoms with van der Waals surface area (Å²) in [6, 6.07) is 9.23. The molecule has 0 saturated carbocycles. The Bertz CT molecular complexity index is 1210. The molecule has 1 fully saturated rings. The van der Waals surface area contributed by atoms with Crippen LogP contribution in [0.5, 0.6) is 11.5 Å². The Morgan fingerprint density at radius 2 is 1.89 bits per heavy atom. The average molecular weight is 538 g/mol. The zero-order chi connectivity index (χ0) is 25.7. The molecule has 11 heteroatoms. The van der Waals surface area contributed by atoms with Crippen molar-refractivity contribution in [3.63, 3.8) is 0 Å². The number of nitrogens with zero attached hydrogens (tertiary/aromatic N) is 1. The van der Waals surface area contributed by atoms with Crippen molar-refractivity contribution in [1.82, 2.24) is 4.90 Å². The molecule has 1 heterocycles. The van der Waals surface area contributed by atoms with E-state index >= 15 is 0 Å². The van der Waals surface area contributed by atoms with E-state index in [9.17, 15) is 19.2 Å². The van der Waals surface area contributed by atoms with E-state index in [1.54, 1.807) is 39.0 Å². The molecule has 35 heavy (non-hydrogen) atoms. The molecular formula is C24H21Cl2NO7S. The Morgan fingerprint density at radius 3 is 2.54 bits per heavy atom. The molecular weight excluding hydrogens is 517 g/mol. The van der Waals surface area contributed by atoms with Gasteiger partial charge in [0.15, 0.2) is 11.5 Å². The van der Waals surface area contributed by atoms with Gasteiger partial charge < -0.3 is 14.2 Å². The minimum Gasteiger partial charge on any atom is -0.490 e. The first-order chi connectivity index (χ1) is 16.6. The van der Waals surface area contributed by atoms with Crippen LogP contribution in [0.3, 0.4) is 0 Å². The van der Waals surface area contributed by atoms with Gasteiger partial charge in [0.05, 0.1) is 28.2 Å². The summed E-state index contributed by atoms with van der Waals surface area (Å²) in [5.41, 5.74) is 0.654. The number of thioether (sulfide) groups is 1. The predicted octanol–water partition coefficient (Wildman–Crippen LogP) is 5.60. The summed E-state index contributed by atoms with van der Waals surface area (Å²) >= 11 is 13.0. The SMILES string of the molecule is CCOc1cc(/C=C2\SC(=O)N(CC(=O)OC(C)C)C2=O)cc(Cl)c1OC(=O)c1cccc(Cl)c1. The maximum atomic E-state index is 12.7. The number of benzene rings is 2. The van der Waals surface area contributed by atoms with E-state index in [0.29, 0.717) is 22.3 Å². The van der Waals surface area contributed by atoms with Gasteiger partial charge in [-0.05, 0) is 74.5 Å². The third-order valence-electron chi connectivity index (χ3n) is 4.41. The minimum absolute atomic E-state index is 0.000164. The number of hydrogen-bond donors (Lipinski definition) is 0. The van der Waals surface area contributed by atoms with E-state index in [1.165, 1.54) is 24.3 Å². The van der Waals surface area contributed by atoms with Crippen LogP contribution in [0.15, 0.2) is 41.3 Å². The van der Waals surface area contributed by atoms with Crippen LogP contribution < -0.4 is 9.47 Å². The van der Waals surface area contributed by atoms with Crippen molar-refractivity contribution in [2.24, 2.45) is 0 Å². The first kappa shape index (κ1) is 26.6. The molecule has 0 N–H and O–H groups in total. The van der Waals surface area contributed by atoms with Gasteiger partial charge in [-0.3, -0.25) is 19.3 Å². The first-order valence-electron chi connectivity index (χ1n) is 10.5. The molecule has 0 aliphatic carbocycles. The van der Waals surface area contributed by atoms with Crippen LogP contribution in [0, 0.1) is 0 Å². The number of carbonyl (C=O) groups excluding carboxylic acids is 4. The summed E-state index contributed by atoms with van der Waals surface area (Å²) in [6.07, 6.45) is 1.07. The van der Waals surface area contributed by atoms with E-state index in [1.807, 2.05) is 0 Å². The van der Waals surface area contributed by atoms with Crippen LogP contribution >= 0.6 is 35.0 Å². The second kappa shape index (κ2) is 11.6. The first-order valence-corrected chi connectivity index (χ1v) is 12.0. The van der Waals surface area contributed by atoms with Crippen LogP contribution in [0.1, 0.15) is 36.7 Å².